The Morgan fingerprint density at radius 2 is 2.32 bits per heavy atom. The zero-order valence-corrected chi connectivity index (χ0v) is 9.46. The molecule has 0 aliphatic carbocycles. The van der Waals surface area contributed by atoms with E-state index in [-0.39, 0.29) is 5.71 Å². The Kier molecular flexibility index (Phi) is 3.48. The molecule has 1 aromatic carbocycles. The summed E-state index contributed by atoms with van der Waals surface area (Å²) in [6.07, 6.45) is -1.13. The SMILES string of the molecule is N#CC(=NNc1ccccc1)C1NN=NN1[N+](=O)[O-]. The second-order valence-electron chi connectivity index (χ2n) is 3.37. The van der Waals surface area contributed by atoms with Crippen LogP contribution >= 0.6 is 0 Å². The van der Waals surface area contributed by atoms with Crippen LogP contribution in [0, 0.1) is 21.4 Å². The van der Waals surface area contributed by atoms with E-state index in [0.717, 1.165) is 0 Å². The van der Waals surface area contributed by atoms with Crippen molar-refractivity contribution < 1.29 is 5.03 Å². The number of hydrazine groups is 1. The first-order chi connectivity index (χ1) is 9.22. The Morgan fingerprint density at radius 1 is 1.58 bits per heavy atom. The van der Waals surface area contributed by atoms with Crippen molar-refractivity contribution in [3.05, 3.63) is 40.4 Å². The number of anilines is 1. The van der Waals surface area contributed by atoms with Crippen molar-refractivity contribution in [1.29, 1.82) is 5.26 Å². The maximum atomic E-state index is 10.7. The molecule has 1 unspecified atom stereocenters. The molecule has 0 amide bonds. The van der Waals surface area contributed by atoms with Gasteiger partial charge in [-0.1, -0.05) is 18.2 Å². The van der Waals surface area contributed by atoms with Crippen molar-refractivity contribution in [1.82, 2.24) is 10.5 Å². The van der Waals surface area contributed by atoms with Crippen molar-refractivity contribution in [2.24, 2.45) is 15.5 Å². The third-order valence-electron chi connectivity index (χ3n) is 2.17. The number of hydrazone groups is 1. The number of benzene rings is 1. The van der Waals surface area contributed by atoms with Crippen LogP contribution in [-0.2, 0) is 0 Å². The predicted molar refractivity (Wildman–Crippen MR) is 63.7 cm³/mol. The average molecular weight is 260 g/mol. The van der Waals surface area contributed by atoms with Gasteiger partial charge in [-0.15, -0.1) is 0 Å². The fourth-order valence-electron chi connectivity index (χ4n) is 1.31. The van der Waals surface area contributed by atoms with Crippen LogP contribution in [0.2, 0.25) is 0 Å². The number of hydrogen-bond acceptors (Lipinski definition) is 8. The Morgan fingerprint density at radius 3 is 2.95 bits per heavy atom. The molecule has 2 N–H and O–H groups in total. The lowest BCUT2D eigenvalue weighted by Crippen LogP contribution is -2.44. The van der Waals surface area contributed by atoms with Gasteiger partial charge in [0.1, 0.15) is 6.07 Å². The minimum atomic E-state index is -1.13. The maximum absolute atomic E-state index is 10.7. The molecule has 0 saturated carbocycles. The quantitative estimate of drug-likeness (QED) is 0.465. The van der Waals surface area contributed by atoms with Gasteiger partial charge in [0.2, 0.25) is 0 Å². The molecule has 2 rings (SSSR count). The largest absolute Gasteiger partial charge is 0.339 e. The second kappa shape index (κ2) is 5.41. The summed E-state index contributed by atoms with van der Waals surface area (Å²) in [7, 11) is 0. The number of hydrogen-bond donors (Lipinski definition) is 2. The molecular weight excluding hydrogens is 252 g/mol. The van der Waals surface area contributed by atoms with Crippen LogP contribution in [0.25, 0.3) is 0 Å². The van der Waals surface area contributed by atoms with Gasteiger partial charge >= 0.3 is 0 Å². The minimum Gasteiger partial charge on any atom is -0.339 e. The maximum Gasteiger partial charge on any atom is 0.258 e. The second-order valence-corrected chi connectivity index (χ2v) is 3.37. The molecule has 10 heteroatoms. The molecule has 0 radical (unpaired) electrons. The van der Waals surface area contributed by atoms with Crippen molar-refractivity contribution in [3.63, 3.8) is 0 Å². The molecule has 0 spiro atoms. The smallest absolute Gasteiger partial charge is 0.258 e. The van der Waals surface area contributed by atoms with E-state index in [2.05, 4.69) is 26.4 Å². The summed E-state index contributed by atoms with van der Waals surface area (Å²) in [5.74, 6) is 0. The van der Waals surface area contributed by atoms with Crippen LogP contribution in [0.4, 0.5) is 5.69 Å². The Balaban J connectivity index is 2.12. The third-order valence-corrected chi connectivity index (χ3v) is 2.17. The van der Waals surface area contributed by atoms with Gasteiger partial charge < -0.3 is 10.1 Å². The van der Waals surface area contributed by atoms with Crippen LogP contribution in [0.15, 0.2) is 45.9 Å². The highest BCUT2D eigenvalue weighted by Gasteiger charge is 2.37. The highest BCUT2D eigenvalue weighted by Crippen LogP contribution is 2.09. The number of nitrogens with one attached hydrogen (secondary N) is 2. The van der Waals surface area contributed by atoms with Gasteiger partial charge in [-0.3, -0.25) is 5.43 Å². The van der Waals surface area contributed by atoms with E-state index in [1.165, 1.54) is 0 Å². The molecule has 96 valence electrons. The summed E-state index contributed by atoms with van der Waals surface area (Å²) in [4.78, 5) is 10.7. The third kappa shape index (κ3) is 2.72. The summed E-state index contributed by atoms with van der Waals surface area (Å²) in [6, 6.07) is 10.6. The molecule has 1 aromatic rings. The zero-order valence-electron chi connectivity index (χ0n) is 9.46. The summed E-state index contributed by atoms with van der Waals surface area (Å²) in [6.45, 7) is 0. The van der Waals surface area contributed by atoms with E-state index >= 15 is 0 Å². The fraction of sp³-hybridized carbons (Fsp3) is 0.111. The van der Waals surface area contributed by atoms with Gasteiger partial charge in [-0.05, 0) is 12.1 Å². The molecule has 1 heterocycles. The standard InChI is InChI=1S/C9H8N8O2/c10-6-8(9-13-14-15-16(9)17(18)19)12-11-7-4-2-1-3-5-7/h1-5,9,11H,(H,13,15). The molecule has 1 aliphatic rings. The monoisotopic (exact) mass is 260 g/mol. The van der Waals surface area contributed by atoms with Crippen molar-refractivity contribution in [3.8, 4) is 6.07 Å². The summed E-state index contributed by atoms with van der Waals surface area (Å²) in [5, 5.41) is 29.6. The summed E-state index contributed by atoms with van der Waals surface area (Å²) >= 11 is 0. The topological polar surface area (TPSA) is 131 Å². The van der Waals surface area contributed by atoms with Crippen molar-refractivity contribution >= 4 is 11.4 Å². The van der Waals surface area contributed by atoms with Crippen LogP contribution in [0.5, 0.6) is 0 Å². The molecule has 10 nitrogen and oxygen atoms in total. The fourth-order valence-corrected chi connectivity index (χ4v) is 1.31. The van der Waals surface area contributed by atoms with Gasteiger partial charge in [0.15, 0.2) is 10.9 Å². The number of nitrogens with zero attached hydrogens (tertiary/aromatic N) is 6. The first-order valence-corrected chi connectivity index (χ1v) is 5.11. The lowest BCUT2D eigenvalue weighted by atomic mass is 10.3. The number of nitro groups is 1. The minimum absolute atomic E-state index is 0.162. The number of para-hydroxylation sites is 1. The van der Waals surface area contributed by atoms with E-state index < -0.39 is 11.2 Å². The highest BCUT2D eigenvalue weighted by molar-refractivity contribution is 6.02. The van der Waals surface area contributed by atoms with Gasteiger partial charge in [0, 0.05) is 0 Å². The highest BCUT2D eigenvalue weighted by atomic mass is 16.7. The molecule has 0 fully saturated rings. The Bertz CT molecular complexity index is 563. The average Bonchev–Trinajstić information content (AvgIpc) is 2.90. The van der Waals surface area contributed by atoms with Gasteiger partial charge in [-0.2, -0.15) is 10.4 Å². The Hall–Kier alpha value is -3.22. The number of nitriles is 1. The molecular formula is C9H8N8O2. The Labute approximate surface area is 107 Å². The molecule has 19 heavy (non-hydrogen) atoms. The van der Waals surface area contributed by atoms with Crippen LogP contribution in [-0.4, -0.2) is 22.0 Å². The molecule has 0 bridgehead atoms. The molecule has 1 atom stereocenters. The van der Waals surface area contributed by atoms with E-state index in [4.69, 9.17) is 5.26 Å². The first-order valence-electron chi connectivity index (χ1n) is 5.11. The first kappa shape index (κ1) is 12.2. The number of rotatable bonds is 4. The van der Waals surface area contributed by atoms with Crippen molar-refractivity contribution in [2.45, 2.75) is 6.17 Å². The zero-order chi connectivity index (χ0) is 13.7. The predicted octanol–water partition coefficient (Wildman–Crippen LogP) is 0.683. The van der Waals surface area contributed by atoms with E-state index in [9.17, 15) is 10.1 Å². The summed E-state index contributed by atoms with van der Waals surface area (Å²) < 4.78 is 0. The lowest BCUT2D eigenvalue weighted by Gasteiger charge is -2.10. The van der Waals surface area contributed by atoms with Gasteiger partial charge in [-0.25, -0.2) is 5.43 Å². The van der Waals surface area contributed by atoms with E-state index in [1.807, 2.05) is 6.07 Å². The normalized spacial score (nSPS) is 17.7. The molecule has 0 aromatic heterocycles. The van der Waals surface area contributed by atoms with Gasteiger partial charge in [0.05, 0.1) is 21.1 Å². The van der Waals surface area contributed by atoms with Crippen LogP contribution < -0.4 is 10.9 Å². The lowest BCUT2D eigenvalue weighted by molar-refractivity contribution is -0.660. The van der Waals surface area contributed by atoms with Crippen LogP contribution in [0.3, 0.4) is 0 Å². The van der Waals surface area contributed by atoms with Crippen LogP contribution in [0.1, 0.15) is 0 Å². The molecule has 1 aliphatic heterocycles. The van der Waals surface area contributed by atoms with Crippen molar-refractivity contribution in [2.75, 3.05) is 5.43 Å². The van der Waals surface area contributed by atoms with E-state index in [0.29, 0.717) is 10.8 Å². The van der Waals surface area contributed by atoms with E-state index in [1.54, 1.807) is 30.3 Å². The molecule has 0 saturated heterocycles. The van der Waals surface area contributed by atoms with Gasteiger partial charge in [0.25, 0.3) is 6.17 Å². The summed E-state index contributed by atoms with van der Waals surface area (Å²) in [5.41, 5.74) is 5.44.